The van der Waals surface area contributed by atoms with Gasteiger partial charge in [-0.25, -0.2) is 0 Å². The third-order valence-corrected chi connectivity index (χ3v) is 3.82. The van der Waals surface area contributed by atoms with E-state index in [4.69, 9.17) is 4.74 Å². The molecule has 1 amide bonds. The number of fused-ring (bicyclic) bond motifs is 1. The molecule has 0 fully saturated rings. The molecule has 120 valence electrons. The zero-order valence-corrected chi connectivity index (χ0v) is 14.3. The van der Waals surface area contributed by atoms with Crippen LogP contribution < -0.4 is 10.1 Å². The van der Waals surface area contributed by atoms with Crippen LogP contribution in [0.15, 0.2) is 69.8 Å². The number of rotatable bonds is 5. The molecular weight excluding hydrogens is 370 g/mol. The normalized spacial score (nSPS) is 14.7. The van der Waals surface area contributed by atoms with Crippen molar-refractivity contribution in [3.05, 3.63) is 70.7 Å². The molecule has 2 aromatic rings. The minimum absolute atomic E-state index is 0.259. The first kappa shape index (κ1) is 16.1. The number of hydrogen-bond donors (Lipinski definition) is 1. The third kappa shape index (κ3) is 3.44. The van der Waals surface area contributed by atoms with Crippen molar-refractivity contribution in [2.45, 2.75) is 0 Å². The van der Waals surface area contributed by atoms with Gasteiger partial charge in [-0.1, -0.05) is 46.8 Å². The van der Waals surface area contributed by atoms with Gasteiger partial charge in [-0.15, -0.1) is 5.10 Å². The van der Waals surface area contributed by atoms with Crippen molar-refractivity contribution in [2.75, 3.05) is 11.9 Å². The monoisotopic (exact) mass is 383 g/mol. The Morgan fingerprint density at radius 3 is 2.92 bits per heavy atom. The van der Waals surface area contributed by atoms with Gasteiger partial charge < -0.3 is 10.1 Å². The lowest BCUT2D eigenvalue weighted by Crippen LogP contribution is -2.13. The summed E-state index contributed by atoms with van der Waals surface area (Å²) in [5, 5.41) is 10.9. The molecule has 3 rings (SSSR count). The summed E-state index contributed by atoms with van der Waals surface area (Å²) in [6.45, 7) is 4.03. The Morgan fingerprint density at radius 2 is 2.08 bits per heavy atom. The number of amides is 1. The zero-order chi connectivity index (χ0) is 16.9. The summed E-state index contributed by atoms with van der Waals surface area (Å²) in [6.07, 6.45) is 3.23. The van der Waals surface area contributed by atoms with Crippen molar-refractivity contribution in [1.82, 2.24) is 0 Å². The van der Waals surface area contributed by atoms with E-state index >= 15 is 0 Å². The first-order valence-corrected chi connectivity index (χ1v) is 8.03. The summed E-state index contributed by atoms with van der Waals surface area (Å²) < 4.78 is 6.48. The van der Waals surface area contributed by atoms with E-state index in [-0.39, 0.29) is 5.91 Å². The van der Waals surface area contributed by atoms with E-state index in [9.17, 15) is 4.79 Å². The van der Waals surface area contributed by atoms with Gasteiger partial charge in [-0.3, -0.25) is 4.79 Å². The summed E-state index contributed by atoms with van der Waals surface area (Å²) in [5.41, 5.74) is 2.54. The van der Waals surface area contributed by atoms with Crippen LogP contribution in [0.4, 0.5) is 5.69 Å². The number of para-hydroxylation sites is 1. The van der Waals surface area contributed by atoms with E-state index in [1.165, 1.54) is 0 Å². The Kier molecular flexibility index (Phi) is 4.86. The molecule has 0 atom stereocenters. The molecule has 0 saturated carbocycles. The van der Waals surface area contributed by atoms with Gasteiger partial charge in [0.05, 0.1) is 11.9 Å². The molecule has 0 spiro atoms. The lowest BCUT2D eigenvalue weighted by Gasteiger charge is -2.06. The predicted molar refractivity (Wildman–Crippen MR) is 99.0 cm³/mol. The lowest BCUT2D eigenvalue weighted by atomic mass is 10.1. The number of anilines is 1. The van der Waals surface area contributed by atoms with E-state index in [0.29, 0.717) is 18.1 Å². The number of nitrogens with zero attached hydrogens (tertiary/aromatic N) is 2. The number of hydrogen-bond acceptors (Lipinski definition) is 4. The molecule has 1 aliphatic rings. The molecule has 5 nitrogen and oxygen atoms in total. The van der Waals surface area contributed by atoms with Gasteiger partial charge in [-0.05, 0) is 24.3 Å². The summed E-state index contributed by atoms with van der Waals surface area (Å²) >= 11 is 3.42. The second kappa shape index (κ2) is 7.23. The second-order valence-corrected chi connectivity index (χ2v) is 5.89. The molecule has 2 aromatic carbocycles. The fourth-order valence-corrected chi connectivity index (χ4v) is 2.63. The first-order chi connectivity index (χ1) is 11.7. The van der Waals surface area contributed by atoms with E-state index in [1.54, 1.807) is 12.3 Å². The minimum Gasteiger partial charge on any atom is -0.489 e. The van der Waals surface area contributed by atoms with Crippen molar-refractivity contribution in [1.29, 1.82) is 0 Å². The molecule has 0 bridgehead atoms. The van der Waals surface area contributed by atoms with Crippen LogP contribution >= 0.6 is 15.9 Å². The quantitative estimate of drug-likeness (QED) is 0.484. The van der Waals surface area contributed by atoms with E-state index in [0.717, 1.165) is 21.3 Å². The van der Waals surface area contributed by atoms with Crippen molar-refractivity contribution in [3.63, 3.8) is 0 Å². The maximum atomic E-state index is 12.0. The van der Waals surface area contributed by atoms with Gasteiger partial charge in [0.15, 0.2) is 5.71 Å². The number of carbonyl (C=O) groups is 1. The van der Waals surface area contributed by atoms with Crippen molar-refractivity contribution in [3.8, 4) is 5.75 Å². The molecule has 6 heteroatoms. The van der Waals surface area contributed by atoms with Crippen LogP contribution in [0, 0.1) is 0 Å². The highest BCUT2D eigenvalue weighted by molar-refractivity contribution is 9.10. The zero-order valence-electron chi connectivity index (χ0n) is 12.7. The number of nitrogens with one attached hydrogen (secondary N) is 1. The highest BCUT2D eigenvalue weighted by Crippen LogP contribution is 2.24. The van der Waals surface area contributed by atoms with Crippen LogP contribution in [0.5, 0.6) is 5.75 Å². The van der Waals surface area contributed by atoms with Crippen molar-refractivity contribution < 1.29 is 9.53 Å². The first-order valence-electron chi connectivity index (χ1n) is 7.24. The molecule has 24 heavy (non-hydrogen) atoms. The summed E-state index contributed by atoms with van der Waals surface area (Å²) in [5.74, 6) is 0.407. The van der Waals surface area contributed by atoms with Crippen LogP contribution in [0.25, 0.3) is 0 Å². The molecule has 1 N–H and O–H groups in total. The molecule has 0 aliphatic carbocycles. The maximum Gasteiger partial charge on any atom is 0.276 e. The van der Waals surface area contributed by atoms with Gasteiger partial charge >= 0.3 is 0 Å². The summed E-state index contributed by atoms with van der Waals surface area (Å²) in [7, 11) is 0. The van der Waals surface area contributed by atoms with Gasteiger partial charge in [0.1, 0.15) is 12.4 Å². The molecule has 1 heterocycles. The van der Waals surface area contributed by atoms with Crippen LogP contribution in [0.3, 0.4) is 0 Å². The Hall–Kier alpha value is -2.73. The Labute approximate surface area is 147 Å². The van der Waals surface area contributed by atoms with Crippen LogP contribution in [0.1, 0.15) is 11.1 Å². The largest absolute Gasteiger partial charge is 0.489 e. The van der Waals surface area contributed by atoms with Crippen molar-refractivity contribution >= 4 is 39.5 Å². The number of halogens is 1. The number of ether oxygens (including phenoxy) is 1. The average molecular weight is 384 g/mol. The molecule has 0 unspecified atom stereocenters. The predicted octanol–water partition coefficient (Wildman–Crippen LogP) is 3.79. The van der Waals surface area contributed by atoms with E-state index in [2.05, 4.69) is 38.0 Å². The lowest BCUT2D eigenvalue weighted by molar-refractivity contribution is -0.110. The average Bonchev–Trinajstić information content (AvgIpc) is 2.90. The Morgan fingerprint density at radius 1 is 1.25 bits per heavy atom. The molecule has 0 saturated heterocycles. The molecule has 1 aliphatic heterocycles. The Bertz CT molecular complexity index is 859. The van der Waals surface area contributed by atoms with Gasteiger partial charge in [0.25, 0.3) is 5.91 Å². The van der Waals surface area contributed by atoms with Crippen LogP contribution in [0.2, 0.25) is 0 Å². The third-order valence-electron chi connectivity index (χ3n) is 3.33. The van der Waals surface area contributed by atoms with Crippen LogP contribution in [-0.4, -0.2) is 24.4 Å². The van der Waals surface area contributed by atoms with Gasteiger partial charge in [0.2, 0.25) is 0 Å². The highest BCUT2D eigenvalue weighted by atomic mass is 79.9. The van der Waals surface area contributed by atoms with Crippen LogP contribution in [-0.2, 0) is 4.79 Å². The Balaban J connectivity index is 1.88. The van der Waals surface area contributed by atoms with Gasteiger partial charge in [0, 0.05) is 15.6 Å². The summed E-state index contributed by atoms with van der Waals surface area (Å²) in [6, 6.07) is 12.9. The topological polar surface area (TPSA) is 63.1 Å². The smallest absolute Gasteiger partial charge is 0.276 e. The molecular formula is C18H14BrN3O2. The van der Waals surface area contributed by atoms with E-state index < -0.39 is 0 Å². The maximum absolute atomic E-state index is 12.0. The fraction of sp³-hybridized carbons (Fsp3) is 0.0556. The standard InChI is InChI=1S/C18H14BrN3O2/c1-2-9-24-16-8-7-13(19)10-12(16)11-20-22-17-14-5-3-4-6-15(14)21-18(17)23/h2-8,10-11H,1,9H2,(H,21,22,23)/b20-11-. The van der Waals surface area contributed by atoms with Crippen molar-refractivity contribution in [2.24, 2.45) is 10.2 Å². The van der Waals surface area contributed by atoms with Gasteiger partial charge in [-0.2, -0.15) is 5.10 Å². The highest BCUT2D eigenvalue weighted by Gasteiger charge is 2.25. The minimum atomic E-state index is -0.259. The molecule has 0 aromatic heterocycles. The number of benzene rings is 2. The SMILES string of the molecule is C=CCOc1ccc(Br)cc1/C=N\N=C1/C(=O)Nc2ccccc21. The summed E-state index contributed by atoms with van der Waals surface area (Å²) in [4.78, 5) is 12.0. The molecule has 0 radical (unpaired) electrons. The van der Waals surface area contributed by atoms with E-state index in [1.807, 2.05) is 42.5 Å². The number of carbonyl (C=O) groups excluding carboxylic acids is 1. The second-order valence-electron chi connectivity index (χ2n) is 4.97. The fourth-order valence-electron chi connectivity index (χ4n) is 2.25.